The maximum atomic E-state index is 2.43. The molecule has 0 radical (unpaired) electrons. The molecule has 1 heteroatoms. The first-order valence-corrected chi connectivity index (χ1v) is 12.7. The van der Waals surface area contributed by atoms with Gasteiger partial charge in [-0.2, -0.15) is 0 Å². The first-order chi connectivity index (χ1) is 17.4. The number of aryl methyl sites for hydroxylation is 5. The molecule has 1 nitrogen and oxygen atoms in total. The third-order valence-corrected chi connectivity index (χ3v) is 7.41. The fourth-order valence-electron chi connectivity index (χ4n) is 5.71. The van der Waals surface area contributed by atoms with Crippen molar-refractivity contribution in [1.29, 1.82) is 0 Å². The van der Waals surface area contributed by atoms with Crippen molar-refractivity contribution >= 4 is 21.8 Å². The maximum Gasteiger partial charge on any atom is 0.0547 e. The van der Waals surface area contributed by atoms with Gasteiger partial charge in [0.2, 0.25) is 0 Å². The average Bonchev–Trinajstić information content (AvgIpc) is 3.17. The summed E-state index contributed by atoms with van der Waals surface area (Å²) in [5, 5.41) is 2.57. The Morgan fingerprint density at radius 2 is 0.889 bits per heavy atom. The molecule has 0 unspecified atom stereocenters. The van der Waals surface area contributed by atoms with Gasteiger partial charge in [-0.25, -0.2) is 0 Å². The van der Waals surface area contributed by atoms with E-state index in [2.05, 4.69) is 136 Å². The zero-order valence-corrected chi connectivity index (χ0v) is 21.7. The summed E-state index contributed by atoms with van der Waals surface area (Å²) in [5.41, 5.74) is 15.3. The van der Waals surface area contributed by atoms with E-state index >= 15 is 0 Å². The van der Waals surface area contributed by atoms with Gasteiger partial charge in [0.1, 0.15) is 0 Å². The number of nitrogens with zero attached hydrogens (tertiary/aromatic N) is 1. The van der Waals surface area contributed by atoms with Crippen LogP contribution >= 0.6 is 0 Å². The largest absolute Gasteiger partial charge is 0.309 e. The van der Waals surface area contributed by atoms with Crippen LogP contribution in [0.1, 0.15) is 27.8 Å². The van der Waals surface area contributed by atoms with E-state index in [1.165, 1.54) is 77.6 Å². The van der Waals surface area contributed by atoms with Crippen LogP contribution in [-0.2, 0) is 0 Å². The van der Waals surface area contributed by atoms with Crippen LogP contribution in [0.25, 0.3) is 49.7 Å². The van der Waals surface area contributed by atoms with E-state index in [4.69, 9.17) is 0 Å². The molecular formula is C35H31N. The number of hydrogen-bond donors (Lipinski definition) is 0. The SMILES string of the molecule is Cc1ccc(-c2ccc3c4ccc(-c5c(C)cc(C)cc5C)cc4n(-c4ccc(C)cc4)c3c2)cc1. The predicted molar refractivity (Wildman–Crippen MR) is 155 cm³/mol. The van der Waals surface area contributed by atoms with Gasteiger partial charge >= 0.3 is 0 Å². The molecule has 36 heavy (non-hydrogen) atoms. The van der Waals surface area contributed by atoms with E-state index in [-0.39, 0.29) is 0 Å². The highest BCUT2D eigenvalue weighted by Crippen LogP contribution is 2.38. The van der Waals surface area contributed by atoms with Crippen LogP contribution in [0.5, 0.6) is 0 Å². The van der Waals surface area contributed by atoms with E-state index in [0.717, 1.165) is 0 Å². The minimum Gasteiger partial charge on any atom is -0.309 e. The number of aromatic nitrogens is 1. The molecule has 0 atom stereocenters. The van der Waals surface area contributed by atoms with Crippen molar-refractivity contribution in [2.45, 2.75) is 34.6 Å². The van der Waals surface area contributed by atoms with Gasteiger partial charge in [0.05, 0.1) is 11.0 Å². The Morgan fingerprint density at radius 1 is 0.417 bits per heavy atom. The van der Waals surface area contributed by atoms with E-state index in [1.807, 2.05) is 0 Å². The van der Waals surface area contributed by atoms with Gasteiger partial charge in [0.15, 0.2) is 0 Å². The van der Waals surface area contributed by atoms with Crippen LogP contribution in [0.2, 0.25) is 0 Å². The molecule has 0 aliphatic heterocycles. The second-order valence-corrected chi connectivity index (χ2v) is 10.3. The van der Waals surface area contributed by atoms with Crippen LogP contribution < -0.4 is 0 Å². The van der Waals surface area contributed by atoms with Crippen molar-refractivity contribution in [3.63, 3.8) is 0 Å². The van der Waals surface area contributed by atoms with Crippen molar-refractivity contribution in [1.82, 2.24) is 4.57 Å². The van der Waals surface area contributed by atoms with Gasteiger partial charge in [0.25, 0.3) is 0 Å². The fourth-order valence-corrected chi connectivity index (χ4v) is 5.71. The highest BCUT2D eigenvalue weighted by atomic mass is 15.0. The topological polar surface area (TPSA) is 4.93 Å². The number of rotatable bonds is 3. The van der Waals surface area contributed by atoms with Crippen molar-refractivity contribution < 1.29 is 0 Å². The molecule has 6 rings (SSSR count). The Bertz CT molecular complexity index is 1720. The Hall–Kier alpha value is -4.10. The molecule has 0 saturated carbocycles. The Balaban J connectivity index is 1.66. The number of hydrogen-bond acceptors (Lipinski definition) is 0. The summed E-state index contributed by atoms with van der Waals surface area (Å²) in [6, 6.07) is 36.1. The number of benzene rings is 5. The lowest BCUT2D eigenvalue weighted by atomic mass is 9.93. The summed E-state index contributed by atoms with van der Waals surface area (Å²) in [6.07, 6.45) is 0. The third kappa shape index (κ3) is 3.72. The van der Waals surface area contributed by atoms with Crippen LogP contribution in [0.4, 0.5) is 0 Å². The quantitative estimate of drug-likeness (QED) is 0.245. The zero-order chi connectivity index (χ0) is 25.0. The Kier molecular flexibility index (Phi) is 5.30. The van der Waals surface area contributed by atoms with E-state index in [9.17, 15) is 0 Å². The Morgan fingerprint density at radius 3 is 1.47 bits per heavy atom. The minimum atomic E-state index is 1.19. The summed E-state index contributed by atoms with van der Waals surface area (Å²) >= 11 is 0. The van der Waals surface area contributed by atoms with Gasteiger partial charge in [-0.05, 0) is 92.3 Å². The normalized spacial score (nSPS) is 11.5. The maximum absolute atomic E-state index is 2.43. The minimum absolute atomic E-state index is 1.19. The molecule has 6 aromatic rings. The third-order valence-electron chi connectivity index (χ3n) is 7.41. The molecule has 0 bridgehead atoms. The summed E-state index contributed by atoms with van der Waals surface area (Å²) in [6.45, 7) is 10.9. The summed E-state index contributed by atoms with van der Waals surface area (Å²) in [7, 11) is 0. The molecule has 0 aliphatic carbocycles. The molecule has 0 spiro atoms. The van der Waals surface area contributed by atoms with Gasteiger partial charge in [-0.3, -0.25) is 0 Å². The van der Waals surface area contributed by atoms with Crippen LogP contribution in [-0.4, -0.2) is 4.57 Å². The Labute approximate surface area is 213 Å². The van der Waals surface area contributed by atoms with Crippen LogP contribution in [0.15, 0.2) is 97.1 Å². The predicted octanol–water partition coefficient (Wildman–Crippen LogP) is 9.66. The lowest BCUT2D eigenvalue weighted by Crippen LogP contribution is -1.95. The van der Waals surface area contributed by atoms with E-state index in [1.54, 1.807) is 0 Å². The molecular weight excluding hydrogens is 434 g/mol. The van der Waals surface area contributed by atoms with Gasteiger partial charge in [-0.1, -0.05) is 89.5 Å². The van der Waals surface area contributed by atoms with Gasteiger partial charge < -0.3 is 4.57 Å². The lowest BCUT2D eigenvalue weighted by molar-refractivity contribution is 1.17. The number of fused-ring (bicyclic) bond motifs is 3. The fraction of sp³-hybridized carbons (Fsp3) is 0.143. The highest BCUT2D eigenvalue weighted by molar-refractivity contribution is 6.11. The van der Waals surface area contributed by atoms with Crippen LogP contribution in [0.3, 0.4) is 0 Å². The molecule has 1 heterocycles. The van der Waals surface area contributed by atoms with E-state index < -0.39 is 0 Å². The molecule has 0 aliphatic rings. The molecule has 0 fully saturated rings. The van der Waals surface area contributed by atoms with E-state index in [0.29, 0.717) is 0 Å². The molecule has 0 N–H and O–H groups in total. The second kappa shape index (κ2) is 8.53. The molecule has 0 amide bonds. The lowest BCUT2D eigenvalue weighted by Gasteiger charge is -2.13. The van der Waals surface area contributed by atoms with Crippen molar-refractivity contribution in [3.8, 4) is 27.9 Å². The zero-order valence-electron chi connectivity index (χ0n) is 21.7. The summed E-state index contributed by atoms with van der Waals surface area (Å²) < 4.78 is 2.43. The first-order valence-electron chi connectivity index (χ1n) is 12.7. The van der Waals surface area contributed by atoms with Crippen LogP contribution in [0, 0.1) is 34.6 Å². The molecule has 1 aromatic heterocycles. The highest BCUT2D eigenvalue weighted by Gasteiger charge is 2.16. The standard InChI is InChI=1S/C35H31N/c1-22-6-10-27(11-7-22)28-12-16-31-32-17-13-29(35-25(4)18-24(3)19-26(35)5)21-34(32)36(33(31)20-28)30-14-8-23(2)9-15-30/h6-21H,1-5H3. The first kappa shape index (κ1) is 22.4. The molecule has 0 saturated heterocycles. The van der Waals surface area contributed by atoms with Crippen molar-refractivity contribution in [2.24, 2.45) is 0 Å². The van der Waals surface area contributed by atoms with Crippen molar-refractivity contribution in [3.05, 3.63) is 125 Å². The summed E-state index contributed by atoms with van der Waals surface area (Å²) in [4.78, 5) is 0. The monoisotopic (exact) mass is 465 g/mol. The van der Waals surface area contributed by atoms with Gasteiger partial charge in [0, 0.05) is 16.5 Å². The molecule has 5 aromatic carbocycles. The van der Waals surface area contributed by atoms with Crippen molar-refractivity contribution in [2.75, 3.05) is 0 Å². The van der Waals surface area contributed by atoms with Gasteiger partial charge in [-0.15, -0.1) is 0 Å². The smallest absolute Gasteiger partial charge is 0.0547 e. The second-order valence-electron chi connectivity index (χ2n) is 10.3. The summed E-state index contributed by atoms with van der Waals surface area (Å²) in [5.74, 6) is 0. The average molecular weight is 466 g/mol. The molecule has 176 valence electrons.